The largest absolute Gasteiger partial charge is 0.497 e. The molecule has 1 heterocycles. The maximum atomic E-state index is 12.7. The molecule has 3 atom stereocenters. The van der Waals surface area contributed by atoms with Gasteiger partial charge in [-0.15, -0.1) is 0 Å². The summed E-state index contributed by atoms with van der Waals surface area (Å²) in [6, 6.07) is 6.56. The number of ether oxygens (including phenoxy) is 3. The molecule has 7 nitrogen and oxygen atoms in total. The van der Waals surface area contributed by atoms with Crippen LogP contribution in [-0.4, -0.2) is 60.9 Å². The van der Waals surface area contributed by atoms with Gasteiger partial charge < -0.3 is 24.2 Å². The third kappa shape index (κ3) is 4.38. The number of hydrogen-bond donors (Lipinski definition) is 1. The summed E-state index contributed by atoms with van der Waals surface area (Å²) in [5.41, 5.74) is 0. The van der Waals surface area contributed by atoms with Crippen LogP contribution in [0, 0.1) is 0 Å². The molecule has 1 fully saturated rings. The number of carboxylic acid groups (broad SMARTS) is 1. The molecule has 132 valence electrons. The fraction of sp³-hybridized carbons (Fsp3) is 0.529. The minimum absolute atomic E-state index is 0.0964. The van der Waals surface area contributed by atoms with Crippen LogP contribution in [-0.2, 0) is 14.3 Å². The lowest BCUT2D eigenvalue weighted by atomic mass is 10.1. The molecule has 0 bridgehead atoms. The Morgan fingerprint density at radius 2 is 1.88 bits per heavy atom. The smallest absolute Gasteiger partial charge is 0.305 e. The van der Waals surface area contributed by atoms with Crippen molar-refractivity contribution in [2.24, 2.45) is 0 Å². The van der Waals surface area contributed by atoms with Crippen LogP contribution in [0.2, 0.25) is 0 Å². The van der Waals surface area contributed by atoms with E-state index in [1.807, 2.05) is 0 Å². The highest BCUT2D eigenvalue weighted by atomic mass is 16.5. The van der Waals surface area contributed by atoms with Crippen molar-refractivity contribution in [2.45, 2.75) is 38.0 Å². The average molecular weight is 337 g/mol. The van der Waals surface area contributed by atoms with Gasteiger partial charge >= 0.3 is 5.97 Å². The van der Waals surface area contributed by atoms with E-state index >= 15 is 0 Å². The predicted octanol–water partition coefficient (Wildman–Crippen LogP) is 1.55. The molecule has 1 aliphatic rings. The molecule has 0 aliphatic carbocycles. The number of likely N-dealkylation sites (tertiary alicyclic amines) is 1. The highest BCUT2D eigenvalue weighted by Crippen LogP contribution is 2.25. The van der Waals surface area contributed by atoms with Gasteiger partial charge in [0, 0.05) is 19.7 Å². The summed E-state index contributed by atoms with van der Waals surface area (Å²) in [7, 11) is 3.14. The van der Waals surface area contributed by atoms with E-state index in [2.05, 4.69) is 0 Å². The van der Waals surface area contributed by atoms with E-state index < -0.39 is 12.1 Å². The Morgan fingerprint density at radius 3 is 2.42 bits per heavy atom. The fourth-order valence-corrected chi connectivity index (χ4v) is 2.85. The summed E-state index contributed by atoms with van der Waals surface area (Å²) in [5.74, 6) is 0.0779. The lowest BCUT2D eigenvalue weighted by Gasteiger charge is -2.26. The van der Waals surface area contributed by atoms with Gasteiger partial charge in [-0.05, 0) is 37.6 Å². The third-order valence-electron chi connectivity index (χ3n) is 4.12. The van der Waals surface area contributed by atoms with Gasteiger partial charge in [0.25, 0.3) is 5.91 Å². The Morgan fingerprint density at radius 1 is 1.25 bits per heavy atom. The van der Waals surface area contributed by atoms with Crippen LogP contribution >= 0.6 is 0 Å². The molecule has 1 saturated heterocycles. The van der Waals surface area contributed by atoms with Crippen molar-refractivity contribution in [3.8, 4) is 11.5 Å². The number of methoxy groups -OCH3 is 2. The van der Waals surface area contributed by atoms with Crippen molar-refractivity contribution in [2.75, 3.05) is 20.8 Å². The highest BCUT2D eigenvalue weighted by molar-refractivity contribution is 5.82. The SMILES string of the molecule is COc1ccc(OC(C)C(=O)N2CC(OC)CC2CC(=O)O)cc1. The monoisotopic (exact) mass is 337 g/mol. The van der Waals surface area contributed by atoms with E-state index in [1.54, 1.807) is 50.3 Å². The Hall–Kier alpha value is -2.28. The van der Waals surface area contributed by atoms with Gasteiger partial charge in [-0.25, -0.2) is 0 Å². The molecular weight excluding hydrogens is 314 g/mol. The van der Waals surface area contributed by atoms with Gasteiger partial charge in [-0.2, -0.15) is 0 Å². The maximum absolute atomic E-state index is 12.7. The minimum Gasteiger partial charge on any atom is -0.497 e. The van der Waals surface area contributed by atoms with Crippen LogP contribution in [0.15, 0.2) is 24.3 Å². The number of hydrogen-bond acceptors (Lipinski definition) is 5. The van der Waals surface area contributed by atoms with E-state index in [0.29, 0.717) is 24.5 Å². The van der Waals surface area contributed by atoms with E-state index in [9.17, 15) is 9.59 Å². The molecule has 0 saturated carbocycles. The van der Waals surface area contributed by atoms with Gasteiger partial charge in [-0.1, -0.05) is 0 Å². The molecule has 1 N–H and O–H groups in total. The maximum Gasteiger partial charge on any atom is 0.305 e. The van der Waals surface area contributed by atoms with Crippen molar-refractivity contribution in [3.63, 3.8) is 0 Å². The quantitative estimate of drug-likeness (QED) is 0.812. The van der Waals surface area contributed by atoms with Crippen LogP contribution in [0.1, 0.15) is 19.8 Å². The van der Waals surface area contributed by atoms with E-state index in [1.165, 1.54) is 0 Å². The standard InChI is InChI=1S/C17H23NO6/c1-11(24-14-6-4-13(22-2)5-7-14)17(21)18-10-15(23-3)8-12(18)9-16(19)20/h4-7,11-12,15H,8-10H2,1-3H3,(H,19,20). The molecule has 0 aromatic heterocycles. The van der Waals surface area contributed by atoms with Gasteiger partial charge in [0.1, 0.15) is 11.5 Å². The minimum atomic E-state index is -0.932. The van der Waals surface area contributed by atoms with Crippen molar-refractivity contribution in [3.05, 3.63) is 24.3 Å². The van der Waals surface area contributed by atoms with Crippen LogP contribution in [0.4, 0.5) is 0 Å². The van der Waals surface area contributed by atoms with E-state index in [4.69, 9.17) is 19.3 Å². The number of benzene rings is 1. The zero-order valence-electron chi connectivity index (χ0n) is 14.1. The number of aliphatic carboxylic acids is 1. The Balaban J connectivity index is 2.02. The first-order chi connectivity index (χ1) is 11.4. The van der Waals surface area contributed by atoms with Gasteiger partial charge in [0.05, 0.1) is 19.6 Å². The summed E-state index contributed by atoms with van der Waals surface area (Å²) in [5, 5.41) is 9.03. The first-order valence-electron chi connectivity index (χ1n) is 7.80. The zero-order chi connectivity index (χ0) is 17.7. The second-order valence-electron chi connectivity index (χ2n) is 5.77. The molecule has 0 spiro atoms. The molecule has 2 rings (SSSR count). The summed E-state index contributed by atoms with van der Waals surface area (Å²) < 4.78 is 16.0. The number of rotatable bonds is 7. The lowest BCUT2D eigenvalue weighted by Crippen LogP contribution is -2.44. The van der Waals surface area contributed by atoms with Crippen LogP contribution in [0.3, 0.4) is 0 Å². The van der Waals surface area contributed by atoms with Crippen molar-refractivity contribution >= 4 is 11.9 Å². The van der Waals surface area contributed by atoms with Crippen molar-refractivity contribution in [1.29, 1.82) is 0 Å². The molecule has 1 aliphatic heterocycles. The number of amides is 1. The average Bonchev–Trinajstić information content (AvgIpc) is 2.97. The van der Waals surface area contributed by atoms with Crippen LogP contribution < -0.4 is 9.47 Å². The lowest BCUT2D eigenvalue weighted by molar-refractivity contribution is -0.142. The van der Waals surface area contributed by atoms with Gasteiger partial charge in [0.15, 0.2) is 6.10 Å². The molecule has 1 aromatic carbocycles. The zero-order valence-corrected chi connectivity index (χ0v) is 14.1. The van der Waals surface area contributed by atoms with Crippen LogP contribution in [0.5, 0.6) is 11.5 Å². The predicted molar refractivity (Wildman–Crippen MR) is 86.3 cm³/mol. The molecule has 1 amide bonds. The second-order valence-corrected chi connectivity index (χ2v) is 5.77. The first-order valence-corrected chi connectivity index (χ1v) is 7.80. The highest BCUT2D eigenvalue weighted by Gasteiger charge is 2.38. The number of carboxylic acids is 1. The number of carbonyl (C=O) groups is 2. The summed E-state index contributed by atoms with van der Waals surface area (Å²) >= 11 is 0. The Kier molecular flexibility index (Phi) is 6.03. The molecule has 7 heteroatoms. The van der Waals surface area contributed by atoms with E-state index in [-0.39, 0.29) is 24.5 Å². The topological polar surface area (TPSA) is 85.3 Å². The second kappa shape index (κ2) is 8.01. The fourth-order valence-electron chi connectivity index (χ4n) is 2.85. The first kappa shape index (κ1) is 18.1. The van der Waals surface area contributed by atoms with Gasteiger partial charge in [0.2, 0.25) is 0 Å². The third-order valence-corrected chi connectivity index (χ3v) is 4.12. The number of nitrogens with zero attached hydrogens (tertiary/aromatic N) is 1. The summed E-state index contributed by atoms with van der Waals surface area (Å²) in [4.78, 5) is 25.2. The van der Waals surface area contributed by atoms with Crippen molar-refractivity contribution < 1.29 is 28.9 Å². The molecule has 1 aromatic rings. The van der Waals surface area contributed by atoms with Gasteiger partial charge in [-0.3, -0.25) is 9.59 Å². The summed E-state index contributed by atoms with van der Waals surface area (Å²) in [6.45, 7) is 2.04. The van der Waals surface area contributed by atoms with E-state index in [0.717, 1.165) is 0 Å². The molecule has 3 unspecified atom stereocenters. The Bertz CT molecular complexity index is 573. The normalized spacial score (nSPS) is 21.4. The van der Waals surface area contributed by atoms with Crippen molar-refractivity contribution in [1.82, 2.24) is 4.90 Å². The van der Waals surface area contributed by atoms with Crippen LogP contribution in [0.25, 0.3) is 0 Å². The Labute approximate surface area is 141 Å². The molecule has 24 heavy (non-hydrogen) atoms. The summed E-state index contributed by atoms with van der Waals surface area (Å²) in [6.07, 6.45) is -0.443. The molecular formula is C17H23NO6. The molecule has 0 radical (unpaired) electrons. The number of carbonyl (C=O) groups excluding carboxylic acids is 1.